The number of rotatable bonds is 6. The van der Waals surface area contributed by atoms with Crippen LogP contribution in [0, 0.1) is 0 Å². The molecule has 1 amide bonds. The van der Waals surface area contributed by atoms with Crippen molar-refractivity contribution < 1.29 is 24.2 Å². The number of aromatic amines is 1. The summed E-state index contributed by atoms with van der Waals surface area (Å²) in [6.45, 7) is 0. The van der Waals surface area contributed by atoms with Gasteiger partial charge < -0.3 is 24.5 Å². The number of ketones is 1. The van der Waals surface area contributed by atoms with Gasteiger partial charge in [-0.2, -0.15) is 0 Å². The molecule has 1 aromatic heterocycles. The smallest absolute Gasteiger partial charge is 0.300 e. The molecule has 3 aromatic carbocycles. The van der Waals surface area contributed by atoms with E-state index in [2.05, 4.69) is 4.98 Å². The number of halogens is 1. The monoisotopic (exact) mass is 531 g/mol. The van der Waals surface area contributed by atoms with E-state index in [9.17, 15) is 14.7 Å². The van der Waals surface area contributed by atoms with Crippen molar-refractivity contribution in [2.45, 2.75) is 6.04 Å². The summed E-state index contributed by atoms with van der Waals surface area (Å²) in [6, 6.07) is 17.0. The molecule has 0 spiro atoms. The molecule has 1 saturated heterocycles. The van der Waals surface area contributed by atoms with Crippen LogP contribution < -0.4 is 19.3 Å². The number of benzene rings is 3. The van der Waals surface area contributed by atoms with Crippen molar-refractivity contribution in [3.8, 4) is 11.5 Å². The number of nitrogens with zero attached hydrogens (tertiary/aromatic N) is 2. The van der Waals surface area contributed by atoms with Gasteiger partial charge in [-0.3, -0.25) is 14.5 Å². The number of amides is 1. The molecule has 0 radical (unpaired) electrons. The van der Waals surface area contributed by atoms with Crippen molar-refractivity contribution in [1.29, 1.82) is 0 Å². The lowest BCUT2D eigenvalue weighted by Crippen LogP contribution is -2.29. The lowest BCUT2D eigenvalue weighted by atomic mass is 9.94. The Labute approximate surface area is 224 Å². The molecule has 1 aliphatic rings. The van der Waals surface area contributed by atoms with Gasteiger partial charge in [-0.15, -0.1) is 0 Å². The van der Waals surface area contributed by atoms with Gasteiger partial charge in [0.05, 0.1) is 36.4 Å². The minimum absolute atomic E-state index is 0.0732. The minimum Gasteiger partial charge on any atom is -0.507 e. The number of aromatic nitrogens is 1. The van der Waals surface area contributed by atoms with E-state index in [1.54, 1.807) is 18.3 Å². The zero-order valence-electron chi connectivity index (χ0n) is 21.3. The first-order valence-electron chi connectivity index (χ1n) is 11.8. The van der Waals surface area contributed by atoms with Gasteiger partial charge in [0.25, 0.3) is 11.7 Å². The van der Waals surface area contributed by atoms with Crippen molar-refractivity contribution in [1.82, 2.24) is 4.98 Å². The number of Topliss-reactive ketones (excluding diaryl/α,β-unsaturated/α-hetero) is 1. The zero-order valence-corrected chi connectivity index (χ0v) is 22.0. The van der Waals surface area contributed by atoms with E-state index in [0.29, 0.717) is 17.0 Å². The van der Waals surface area contributed by atoms with Crippen LogP contribution in [0.3, 0.4) is 0 Å². The molecule has 5 rings (SSSR count). The maximum absolute atomic E-state index is 13.6. The second-order valence-electron chi connectivity index (χ2n) is 9.06. The van der Waals surface area contributed by atoms with Crippen molar-refractivity contribution in [2.24, 2.45) is 0 Å². The Morgan fingerprint density at radius 2 is 1.68 bits per heavy atom. The molecule has 1 aliphatic heterocycles. The summed E-state index contributed by atoms with van der Waals surface area (Å²) in [7, 11) is 6.73. The van der Waals surface area contributed by atoms with E-state index in [4.69, 9.17) is 21.1 Å². The highest BCUT2D eigenvalue weighted by molar-refractivity contribution is 6.52. The standard InChI is InChI=1S/C29H26ClN3O5/c1-32(2)16-9-11-17(12-10-16)33-26(20-15-31-22-8-6-5-7-18(20)22)25(28(35)29(33)36)27(34)19-13-21(30)24(38-4)14-23(19)37-3/h5-15,26,31,34H,1-4H3/b27-25+. The van der Waals surface area contributed by atoms with Crippen LogP contribution in [-0.2, 0) is 9.59 Å². The van der Waals surface area contributed by atoms with E-state index < -0.39 is 23.5 Å². The number of hydrogen-bond acceptors (Lipinski definition) is 6. The van der Waals surface area contributed by atoms with E-state index in [0.717, 1.165) is 16.6 Å². The molecule has 194 valence electrons. The summed E-state index contributed by atoms with van der Waals surface area (Å²) >= 11 is 6.37. The number of aliphatic hydroxyl groups excluding tert-OH is 1. The SMILES string of the molecule is COc1cc(OC)c(/C(O)=C2\C(=O)C(=O)N(c3ccc(N(C)C)cc3)C2c2c[nH]c3ccccc23)cc1Cl. The summed E-state index contributed by atoms with van der Waals surface area (Å²) in [4.78, 5) is 33.7. The number of nitrogens with one attached hydrogen (secondary N) is 1. The number of ether oxygens (including phenoxy) is 2. The van der Waals surface area contributed by atoms with Gasteiger partial charge in [-0.1, -0.05) is 29.8 Å². The van der Waals surface area contributed by atoms with Crippen LogP contribution in [0.4, 0.5) is 11.4 Å². The Morgan fingerprint density at radius 1 is 1.00 bits per heavy atom. The zero-order chi connectivity index (χ0) is 27.1. The third-order valence-electron chi connectivity index (χ3n) is 6.73. The lowest BCUT2D eigenvalue weighted by Gasteiger charge is -2.26. The molecule has 0 bridgehead atoms. The molecule has 1 unspecified atom stereocenters. The minimum atomic E-state index is -0.915. The number of methoxy groups -OCH3 is 2. The number of hydrogen-bond donors (Lipinski definition) is 2. The Kier molecular flexibility index (Phi) is 6.50. The highest BCUT2D eigenvalue weighted by atomic mass is 35.5. The second-order valence-corrected chi connectivity index (χ2v) is 9.46. The van der Waals surface area contributed by atoms with Crippen LogP contribution in [0.25, 0.3) is 16.7 Å². The fourth-order valence-electron chi connectivity index (χ4n) is 4.81. The van der Waals surface area contributed by atoms with Crippen molar-refractivity contribution >= 4 is 51.3 Å². The Morgan fingerprint density at radius 3 is 2.34 bits per heavy atom. The number of para-hydroxylation sites is 1. The van der Waals surface area contributed by atoms with Gasteiger partial charge in [0.15, 0.2) is 0 Å². The quantitative estimate of drug-likeness (QED) is 0.193. The second kappa shape index (κ2) is 9.79. The first-order chi connectivity index (χ1) is 18.3. The van der Waals surface area contributed by atoms with Gasteiger partial charge in [0.2, 0.25) is 0 Å². The molecule has 1 fully saturated rings. The van der Waals surface area contributed by atoms with Crippen LogP contribution >= 0.6 is 11.6 Å². The average Bonchev–Trinajstić information content (AvgIpc) is 3.46. The van der Waals surface area contributed by atoms with Gasteiger partial charge in [-0.25, -0.2) is 0 Å². The normalized spacial score (nSPS) is 16.8. The van der Waals surface area contributed by atoms with E-state index in [1.165, 1.54) is 31.3 Å². The first kappa shape index (κ1) is 25.2. The molecular weight excluding hydrogens is 506 g/mol. The number of anilines is 2. The van der Waals surface area contributed by atoms with Crippen LogP contribution in [0.2, 0.25) is 5.02 Å². The highest BCUT2D eigenvalue weighted by Gasteiger charge is 2.48. The van der Waals surface area contributed by atoms with E-state index in [1.807, 2.05) is 55.4 Å². The average molecular weight is 532 g/mol. The van der Waals surface area contributed by atoms with E-state index in [-0.39, 0.29) is 21.9 Å². The molecule has 8 nitrogen and oxygen atoms in total. The van der Waals surface area contributed by atoms with Crippen molar-refractivity contribution in [3.05, 3.63) is 88.6 Å². The summed E-state index contributed by atoms with van der Waals surface area (Å²) in [5, 5.41) is 12.6. The number of carbonyl (C=O) groups is 2. The third kappa shape index (κ3) is 4.03. The number of H-pyrrole nitrogens is 1. The molecule has 0 aliphatic carbocycles. The van der Waals surface area contributed by atoms with Gasteiger partial charge in [0.1, 0.15) is 17.3 Å². The molecule has 0 saturated carbocycles. The van der Waals surface area contributed by atoms with Crippen LogP contribution in [0.15, 0.2) is 72.4 Å². The molecule has 38 heavy (non-hydrogen) atoms. The number of fused-ring (bicyclic) bond motifs is 1. The third-order valence-corrected chi connectivity index (χ3v) is 7.03. The summed E-state index contributed by atoms with van der Waals surface area (Å²) < 4.78 is 10.7. The number of carbonyl (C=O) groups excluding carboxylic acids is 2. The maximum atomic E-state index is 13.6. The maximum Gasteiger partial charge on any atom is 0.300 e. The Balaban J connectivity index is 1.77. The van der Waals surface area contributed by atoms with Crippen LogP contribution in [0.1, 0.15) is 17.2 Å². The van der Waals surface area contributed by atoms with Crippen molar-refractivity contribution in [2.75, 3.05) is 38.1 Å². The Hall–Kier alpha value is -4.43. The largest absolute Gasteiger partial charge is 0.507 e. The van der Waals surface area contributed by atoms with Gasteiger partial charge in [-0.05, 0) is 36.4 Å². The number of aliphatic hydroxyl groups is 1. The molecular formula is C29H26ClN3O5. The topological polar surface area (TPSA) is 95.1 Å². The molecule has 4 aromatic rings. The highest BCUT2D eigenvalue weighted by Crippen LogP contribution is 2.46. The summed E-state index contributed by atoms with van der Waals surface area (Å²) in [5.41, 5.74) is 3.05. The predicted molar refractivity (Wildman–Crippen MR) is 148 cm³/mol. The van der Waals surface area contributed by atoms with E-state index >= 15 is 0 Å². The Bertz CT molecular complexity index is 1590. The van der Waals surface area contributed by atoms with Gasteiger partial charge in [0, 0.05) is 54.2 Å². The summed E-state index contributed by atoms with van der Waals surface area (Å²) in [6.07, 6.45) is 1.76. The molecule has 9 heteroatoms. The van der Waals surface area contributed by atoms with Crippen molar-refractivity contribution in [3.63, 3.8) is 0 Å². The summed E-state index contributed by atoms with van der Waals surface area (Å²) in [5.74, 6) is -1.38. The fourth-order valence-corrected chi connectivity index (χ4v) is 5.06. The van der Waals surface area contributed by atoms with Crippen LogP contribution in [0.5, 0.6) is 11.5 Å². The molecule has 2 heterocycles. The molecule has 2 N–H and O–H groups in total. The predicted octanol–water partition coefficient (Wildman–Crippen LogP) is 5.53. The first-order valence-corrected chi connectivity index (χ1v) is 12.2. The van der Waals surface area contributed by atoms with Gasteiger partial charge >= 0.3 is 0 Å². The molecule has 1 atom stereocenters. The fraction of sp³-hybridized carbons (Fsp3) is 0.172. The van der Waals surface area contributed by atoms with Crippen LogP contribution in [-0.4, -0.2) is 50.1 Å². The lowest BCUT2D eigenvalue weighted by molar-refractivity contribution is -0.132.